The van der Waals surface area contributed by atoms with Crippen LogP contribution in [0.25, 0.3) is 10.2 Å². The SMILES string of the molecule is CC(C#N)c1nc2ccccc2s1.OCc1cccc(Cl)c1. The molecule has 5 heteroatoms. The average molecular weight is 331 g/mol. The van der Waals surface area contributed by atoms with E-state index in [-0.39, 0.29) is 12.5 Å². The lowest BCUT2D eigenvalue weighted by molar-refractivity contribution is 0.282. The number of benzene rings is 2. The number of halogens is 1. The van der Waals surface area contributed by atoms with Crippen LogP contribution in [0.3, 0.4) is 0 Å². The highest BCUT2D eigenvalue weighted by Crippen LogP contribution is 2.26. The van der Waals surface area contributed by atoms with Crippen molar-refractivity contribution in [2.75, 3.05) is 0 Å². The summed E-state index contributed by atoms with van der Waals surface area (Å²) in [5, 5.41) is 18.9. The number of aliphatic hydroxyl groups is 1. The molecule has 1 N–H and O–H groups in total. The zero-order valence-corrected chi connectivity index (χ0v) is 13.6. The molecule has 3 aromatic rings. The number of fused-ring (bicyclic) bond motifs is 1. The maximum Gasteiger partial charge on any atom is 0.111 e. The molecule has 0 amide bonds. The molecule has 1 unspecified atom stereocenters. The fourth-order valence-corrected chi connectivity index (χ4v) is 2.94. The predicted octanol–water partition coefficient (Wildman–Crippen LogP) is 4.76. The summed E-state index contributed by atoms with van der Waals surface area (Å²) < 4.78 is 1.15. The van der Waals surface area contributed by atoms with Crippen molar-refractivity contribution >= 4 is 33.2 Å². The minimum absolute atomic E-state index is 0.0561. The second-order valence-corrected chi connectivity index (χ2v) is 6.16. The van der Waals surface area contributed by atoms with Crippen LogP contribution < -0.4 is 0 Å². The number of aromatic nitrogens is 1. The third-order valence-corrected chi connectivity index (χ3v) is 4.40. The maximum absolute atomic E-state index is 8.73. The van der Waals surface area contributed by atoms with Gasteiger partial charge in [0.1, 0.15) is 5.01 Å². The van der Waals surface area contributed by atoms with Gasteiger partial charge in [-0.2, -0.15) is 5.26 Å². The van der Waals surface area contributed by atoms with Crippen molar-refractivity contribution in [1.82, 2.24) is 4.98 Å². The minimum Gasteiger partial charge on any atom is -0.392 e. The van der Waals surface area contributed by atoms with E-state index in [1.165, 1.54) is 0 Å². The first kappa shape index (κ1) is 16.4. The summed E-state index contributed by atoms with van der Waals surface area (Å²) in [7, 11) is 0. The molecule has 1 atom stereocenters. The number of hydrogen-bond donors (Lipinski definition) is 1. The molecule has 0 saturated carbocycles. The van der Waals surface area contributed by atoms with Crippen molar-refractivity contribution in [3.05, 3.63) is 64.1 Å². The van der Waals surface area contributed by atoms with E-state index in [1.807, 2.05) is 43.3 Å². The second-order valence-electron chi connectivity index (χ2n) is 4.66. The Kier molecular flexibility index (Phi) is 5.91. The van der Waals surface area contributed by atoms with E-state index in [9.17, 15) is 0 Å². The number of rotatable bonds is 2. The van der Waals surface area contributed by atoms with Crippen LogP contribution in [0.2, 0.25) is 5.02 Å². The molecular weight excluding hydrogens is 316 g/mol. The van der Waals surface area contributed by atoms with Crippen LogP contribution in [0.5, 0.6) is 0 Å². The van der Waals surface area contributed by atoms with Gasteiger partial charge in [0.2, 0.25) is 0 Å². The quantitative estimate of drug-likeness (QED) is 0.737. The van der Waals surface area contributed by atoms with Gasteiger partial charge >= 0.3 is 0 Å². The third-order valence-electron chi connectivity index (χ3n) is 2.95. The smallest absolute Gasteiger partial charge is 0.111 e. The molecule has 0 aliphatic rings. The highest BCUT2D eigenvalue weighted by Gasteiger charge is 2.09. The normalized spacial score (nSPS) is 11.4. The van der Waals surface area contributed by atoms with Crippen molar-refractivity contribution in [2.24, 2.45) is 0 Å². The molecule has 2 aromatic carbocycles. The molecule has 112 valence electrons. The zero-order valence-electron chi connectivity index (χ0n) is 12.0. The topological polar surface area (TPSA) is 56.9 Å². The zero-order chi connectivity index (χ0) is 15.9. The van der Waals surface area contributed by atoms with Crippen molar-refractivity contribution in [3.63, 3.8) is 0 Å². The van der Waals surface area contributed by atoms with Crippen LogP contribution in [0.1, 0.15) is 23.4 Å². The molecule has 3 rings (SSSR count). The molecular formula is C17H15ClN2OS. The van der Waals surface area contributed by atoms with Crippen LogP contribution >= 0.6 is 22.9 Å². The van der Waals surface area contributed by atoms with Crippen molar-refractivity contribution in [1.29, 1.82) is 5.26 Å². The number of para-hydroxylation sites is 1. The Bertz CT molecular complexity index is 761. The van der Waals surface area contributed by atoms with Gasteiger partial charge < -0.3 is 5.11 Å². The monoisotopic (exact) mass is 330 g/mol. The summed E-state index contributed by atoms with van der Waals surface area (Å²) in [5.41, 5.74) is 1.84. The molecule has 1 aromatic heterocycles. The highest BCUT2D eigenvalue weighted by molar-refractivity contribution is 7.18. The molecule has 0 saturated heterocycles. The van der Waals surface area contributed by atoms with Gasteiger partial charge in [0.05, 0.1) is 28.8 Å². The molecule has 22 heavy (non-hydrogen) atoms. The van der Waals surface area contributed by atoms with E-state index in [0.717, 1.165) is 20.8 Å². The summed E-state index contributed by atoms with van der Waals surface area (Å²) in [6.45, 7) is 1.93. The first-order valence-electron chi connectivity index (χ1n) is 6.74. The van der Waals surface area contributed by atoms with E-state index in [1.54, 1.807) is 23.5 Å². The van der Waals surface area contributed by atoms with E-state index >= 15 is 0 Å². The fourth-order valence-electron chi connectivity index (χ4n) is 1.77. The van der Waals surface area contributed by atoms with Crippen LogP contribution in [-0.4, -0.2) is 10.1 Å². The molecule has 0 fully saturated rings. The van der Waals surface area contributed by atoms with Crippen LogP contribution in [0, 0.1) is 11.3 Å². The predicted molar refractivity (Wildman–Crippen MR) is 91.0 cm³/mol. The van der Waals surface area contributed by atoms with Crippen molar-refractivity contribution in [2.45, 2.75) is 19.4 Å². The van der Waals surface area contributed by atoms with Crippen molar-refractivity contribution in [3.8, 4) is 6.07 Å². The van der Waals surface area contributed by atoms with Crippen LogP contribution in [0.4, 0.5) is 0 Å². The average Bonchev–Trinajstić information content (AvgIpc) is 2.98. The Morgan fingerprint density at radius 3 is 2.64 bits per heavy atom. The molecule has 0 bridgehead atoms. The number of nitrogens with zero attached hydrogens (tertiary/aromatic N) is 2. The Morgan fingerprint density at radius 2 is 2.05 bits per heavy atom. The summed E-state index contributed by atoms with van der Waals surface area (Å²) in [6.07, 6.45) is 0. The maximum atomic E-state index is 8.73. The van der Waals surface area contributed by atoms with Gasteiger partial charge in [0.15, 0.2) is 0 Å². The lowest BCUT2D eigenvalue weighted by atomic mass is 10.2. The highest BCUT2D eigenvalue weighted by atomic mass is 35.5. The number of thiazole rings is 1. The van der Waals surface area contributed by atoms with Crippen molar-refractivity contribution < 1.29 is 5.11 Å². The first-order valence-corrected chi connectivity index (χ1v) is 7.94. The van der Waals surface area contributed by atoms with Crippen LogP contribution in [-0.2, 0) is 6.61 Å². The van der Waals surface area contributed by atoms with Gasteiger partial charge in [-0.25, -0.2) is 4.98 Å². The summed E-state index contributed by atoms with van der Waals surface area (Å²) in [6, 6.07) is 17.3. The second kappa shape index (κ2) is 7.90. The number of hydrogen-bond acceptors (Lipinski definition) is 4. The van der Waals surface area contributed by atoms with E-state index in [0.29, 0.717) is 5.02 Å². The largest absolute Gasteiger partial charge is 0.392 e. The molecule has 0 aliphatic carbocycles. The Morgan fingerprint density at radius 1 is 1.27 bits per heavy atom. The van der Waals surface area contributed by atoms with E-state index in [2.05, 4.69) is 11.1 Å². The first-order chi connectivity index (χ1) is 10.6. The third kappa shape index (κ3) is 4.28. The molecule has 0 spiro atoms. The van der Waals surface area contributed by atoms with Crippen LogP contribution in [0.15, 0.2) is 48.5 Å². The van der Waals surface area contributed by atoms with E-state index < -0.39 is 0 Å². The minimum atomic E-state index is -0.0996. The summed E-state index contributed by atoms with van der Waals surface area (Å²) in [5.74, 6) is -0.0996. The Labute approximate surface area is 138 Å². The Hall–Kier alpha value is -1.93. The summed E-state index contributed by atoms with van der Waals surface area (Å²) in [4.78, 5) is 4.38. The number of nitriles is 1. The van der Waals surface area contributed by atoms with Gasteiger partial charge in [0, 0.05) is 5.02 Å². The molecule has 3 nitrogen and oxygen atoms in total. The molecule has 0 aliphatic heterocycles. The van der Waals surface area contributed by atoms with Gasteiger partial charge in [-0.1, -0.05) is 35.9 Å². The van der Waals surface area contributed by atoms with Gasteiger partial charge in [0.25, 0.3) is 0 Å². The number of aliphatic hydroxyl groups excluding tert-OH is 1. The molecule has 0 radical (unpaired) electrons. The standard InChI is InChI=1S/C10H8N2S.C7H7ClO/c1-7(6-11)10-12-8-4-2-3-5-9(8)13-10;8-7-3-1-2-6(4-7)5-9/h2-5,7H,1H3;1-4,9H,5H2. The van der Waals surface area contributed by atoms with E-state index in [4.69, 9.17) is 22.0 Å². The van der Waals surface area contributed by atoms with Gasteiger partial charge in [-0.3, -0.25) is 0 Å². The fraction of sp³-hybridized carbons (Fsp3) is 0.176. The molecule has 1 heterocycles. The lowest BCUT2D eigenvalue weighted by Gasteiger charge is -1.93. The Balaban J connectivity index is 0.000000172. The lowest BCUT2D eigenvalue weighted by Crippen LogP contribution is -1.85. The summed E-state index contributed by atoms with van der Waals surface area (Å²) >= 11 is 7.21. The van der Waals surface area contributed by atoms with Gasteiger partial charge in [-0.15, -0.1) is 11.3 Å². The van der Waals surface area contributed by atoms with Gasteiger partial charge in [-0.05, 0) is 36.8 Å².